The van der Waals surface area contributed by atoms with Crippen molar-refractivity contribution < 1.29 is 9.59 Å². The van der Waals surface area contributed by atoms with Crippen LogP contribution in [0, 0.1) is 0 Å². The normalized spacial score (nSPS) is 15.4. The van der Waals surface area contributed by atoms with Crippen LogP contribution in [0.4, 0.5) is 11.4 Å². The van der Waals surface area contributed by atoms with Crippen LogP contribution in [0.1, 0.15) is 59.8 Å². The van der Waals surface area contributed by atoms with Crippen LogP contribution < -0.4 is 10.2 Å². The lowest BCUT2D eigenvalue weighted by atomic mass is 9.97. The van der Waals surface area contributed by atoms with Crippen molar-refractivity contribution >= 4 is 40.4 Å². The zero-order valence-corrected chi connectivity index (χ0v) is 19.2. The van der Waals surface area contributed by atoms with Crippen molar-refractivity contribution in [3.05, 3.63) is 46.6 Å². The summed E-state index contributed by atoms with van der Waals surface area (Å²) in [7, 11) is 0. The maximum Gasteiger partial charge on any atom is 0.221 e. The average Bonchev–Trinajstić information content (AvgIpc) is 2.72. The van der Waals surface area contributed by atoms with E-state index in [-0.39, 0.29) is 22.4 Å². The van der Waals surface area contributed by atoms with Crippen LogP contribution in [0.15, 0.2) is 51.6 Å². The molecule has 0 spiro atoms. The largest absolute Gasteiger partial charge is 0.372 e. The second kappa shape index (κ2) is 11.7. The first-order valence-corrected chi connectivity index (χ1v) is 11.2. The van der Waals surface area contributed by atoms with Crippen molar-refractivity contribution in [3.63, 3.8) is 0 Å². The number of carbonyl (C=O) groups excluding carboxylic acids is 2. The fourth-order valence-electron chi connectivity index (χ4n) is 3.32. The average molecular weight is 430 g/mol. The van der Waals surface area contributed by atoms with Gasteiger partial charge in [0.05, 0.1) is 22.1 Å². The van der Waals surface area contributed by atoms with Gasteiger partial charge in [-0.2, -0.15) is 0 Å². The molecule has 0 radical (unpaired) electrons. The number of Topliss-reactive ketones (excluding diaryl/α,β-unsaturated/α-hetero) is 1. The summed E-state index contributed by atoms with van der Waals surface area (Å²) in [4.78, 5) is 30.9. The number of anilines is 1. The number of hydrogen-bond acceptors (Lipinski definition) is 4. The van der Waals surface area contributed by atoms with E-state index in [9.17, 15) is 9.59 Å². The number of amides is 1. The molecule has 1 amide bonds. The molecule has 0 saturated carbocycles. The Balaban J connectivity index is 2.32. The van der Waals surface area contributed by atoms with Gasteiger partial charge in [0, 0.05) is 31.3 Å². The van der Waals surface area contributed by atoms with Gasteiger partial charge in [-0.1, -0.05) is 45.2 Å². The maximum atomic E-state index is 12.4. The maximum absolute atomic E-state index is 12.4. The quantitative estimate of drug-likeness (QED) is 0.487. The Bertz CT molecular complexity index is 846. The van der Waals surface area contributed by atoms with E-state index in [1.54, 1.807) is 6.08 Å². The SMILES string of the molecule is CCCCN(CCCC)c1ccc(N=C2C=C(NC(C)=O)C(=O)C(Cl)=C2CC)cc1. The number of nitrogens with zero attached hydrogens (tertiary/aromatic N) is 2. The molecule has 162 valence electrons. The third-order valence-corrected chi connectivity index (χ3v) is 5.39. The molecule has 0 fully saturated rings. The van der Waals surface area contributed by atoms with Gasteiger partial charge >= 0.3 is 0 Å². The first-order chi connectivity index (χ1) is 14.4. The number of benzene rings is 1. The molecule has 0 atom stereocenters. The molecule has 2 rings (SSSR count). The van der Waals surface area contributed by atoms with Gasteiger partial charge in [-0.05, 0) is 49.6 Å². The Morgan fingerprint density at radius 2 is 1.67 bits per heavy atom. The van der Waals surface area contributed by atoms with E-state index in [0.717, 1.165) is 18.8 Å². The van der Waals surface area contributed by atoms with E-state index in [4.69, 9.17) is 16.6 Å². The molecular formula is C24H32ClN3O2. The van der Waals surface area contributed by atoms with Crippen molar-refractivity contribution in [2.45, 2.75) is 59.8 Å². The first kappa shape index (κ1) is 23.9. The van der Waals surface area contributed by atoms with E-state index >= 15 is 0 Å². The second-order valence-electron chi connectivity index (χ2n) is 7.42. The van der Waals surface area contributed by atoms with E-state index in [1.807, 2.05) is 19.1 Å². The van der Waals surface area contributed by atoms with Crippen molar-refractivity contribution in [2.75, 3.05) is 18.0 Å². The molecule has 0 aliphatic heterocycles. The summed E-state index contributed by atoms with van der Waals surface area (Å²) in [6.07, 6.45) is 6.86. The molecule has 1 aromatic rings. The Morgan fingerprint density at radius 1 is 1.07 bits per heavy atom. The van der Waals surface area contributed by atoms with Crippen molar-refractivity contribution in [2.24, 2.45) is 4.99 Å². The minimum absolute atomic E-state index is 0.115. The van der Waals surface area contributed by atoms with Gasteiger partial charge in [0.15, 0.2) is 0 Å². The molecule has 6 heteroatoms. The summed E-state index contributed by atoms with van der Waals surface area (Å²) < 4.78 is 0. The number of ketones is 1. The highest BCUT2D eigenvalue weighted by atomic mass is 35.5. The number of allylic oxidation sites excluding steroid dienone is 3. The number of aliphatic imine (C=N–C) groups is 1. The van der Waals surface area contributed by atoms with Gasteiger partial charge in [-0.25, -0.2) is 4.99 Å². The highest BCUT2D eigenvalue weighted by Gasteiger charge is 2.25. The van der Waals surface area contributed by atoms with Crippen LogP contribution in [0.3, 0.4) is 0 Å². The molecule has 0 aromatic heterocycles. The van der Waals surface area contributed by atoms with Gasteiger partial charge in [-0.3, -0.25) is 9.59 Å². The Kier molecular flexibility index (Phi) is 9.31. The summed E-state index contributed by atoms with van der Waals surface area (Å²) >= 11 is 6.29. The number of nitrogens with one attached hydrogen (secondary N) is 1. The van der Waals surface area contributed by atoms with Gasteiger partial charge in [0.25, 0.3) is 0 Å². The summed E-state index contributed by atoms with van der Waals surface area (Å²) in [6.45, 7) is 9.80. The van der Waals surface area contributed by atoms with E-state index in [0.29, 0.717) is 17.7 Å². The third kappa shape index (κ3) is 6.30. The highest BCUT2D eigenvalue weighted by molar-refractivity contribution is 6.49. The first-order valence-electron chi connectivity index (χ1n) is 10.8. The monoisotopic (exact) mass is 429 g/mol. The molecule has 0 bridgehead atoms. The zero-order chi connectivity index (χ0) is 22.1. The predicted octanol–water partition coefficient (Wildman–Crippen LogP) is 5.67. The molecule has 1 aliphatic carbocycles. The van der Waals surface area contributed by atoms with Crippen molar-refractivity contribution in [1.29, 1.82) is 0 Å². The van der Waals surface area contributed by atoms with Crippen LogP contribution in [-0.2, 0) is 9.59 Å². The lowest BCUT2D eigenvalue weighted by Gasteiger charge is -2.24. The van der Waals surface area contributed by atoms with Crippen LogP contribution in [-0.4, -0.2) is 30.5 Å². The van der Waals surface area contributed by atoms with Crippen LogP contribution in [0.5, 0.6) is 0 Å². The molecule has 0 heterocycles. The minimum atomic E-state index is -0.375. The van der Waals surface area contributed by atoms with E-state index in [1.165, 1.54) is 38.3 Å². The van der Waals surface area contributed by atoms with E-state index < -0.39 is 0 Å². The molecule has 5 nitrogen and oxygen atoms in total. The van der Waals surface area contributed by atoms with Gasteiger partial charge in [-0.15, -0.1) is 0 Å². The fraction of sp³-hybridized carbons (Fsp3) is 0.458. The summed E-state index contributed by atoms with van der Waals surface area (Å²) in [6, 6.07) is 8.15. The number of hydrogen-bond donors (Lipinski definition) is 1. The standard InChI is InChI=1S/C24H32ClN3O2/c1-5-8-14-28(15-9-6-2)19-12-10-18(11-13-19)27-21-16-22(26-17(4)29)24(30)23(25)20(21)7-3/h10-13,16H,5-9,14-15H2,1-4H3,(H,26,29). The van der Waals surface area contributed by atoms with Crippen LogP contribution in [0.2, 0.25) is 0 Å². The number of unbranched alkanes of at least 4 members (excludes halogenated alkanes) is 2. The Morgan fingerprint density at radius 3 is 2.17 bits per heavy atom. The van der Waals surface area contributed by atoms with Gasteiger partial charge in [0.1, 0.15) is 0 Å². The lowest BCUT2D eigenvalue weighted by molar-refractivity contribution is -0.120. The summed E-state index contributed by atoms with van der Waals surface area (Å²) in [5, 5.41) is 2.67. The third-order valence-electron chi connectivity index (χ3n) is 4.99. The molecule has 1 aliphatic rings. The second-order valence-corrected chi connectivity index (χ2v) is 7.80. The lowest BCUT2D eigenvalue weighted by Crippen LogP contribution is -2.29. The molecular weight excluding hydrogens is 398 g/mol. The number of carbonyl (C=O) groups is 2. The van der Waals surface area contributed by atoms with E-state index in [2.05, 4.69) is 36.2 Å². The smallest absolute Gasteiger partial charge is 0.221 e. The molecule has 0 saturated heterocycles. The van der Waals surface area contributed by atoms with Gasteiger partial charge < -0.3 is 10.2 Å². The van der Waals surface area contributed by atoms with Crippen molar-refractivity contribution in [3.8, 4) is 0 Å². The van der Waals surface area contributed by atoms with Gasteiger partial charge in [0.2, 0.25) is 11.7 Å². The zero-order valence-electron chi connectivity index (χ0n) is 18.4. The highest BCUT2D eigenvalue weighted by Crippen LogP contribution is 2.28. The summed E-state index contributed by atoms with van der Waals surface area (Å²) in [5.74, 6) is -0.692. The minimum Gasteiger partial charge on any atom is -0.372 e. The number of halogens is 1. The topological polar surface area (TPSA) is 61.8 Å². The predicted molar refractivity (Wildman–Crippen MR) is 126 cm³/mol. The Hall–Kier alpha value is -2.40. The number of rotatable bonds is 10. The fourth-order valence-corrected chi connectivity index (χ4v) is 3.65. The molecule has 30 heavy (non-hydrogen) atoms. The molecule has 0 unspecified atom stereocenters. The molecule has 1 N–H and O–H groups in total. The Labute approximate surface area is 184 Å². The van der Waals surface area contributed by atoms with Crippen LogP contribution >= 0.6 is 11.6 Å². The molecule has 1 aromatic carbocycles. The van der Waals surface area contributed by atoms with Crippen LogP contribution in [0.25, 0.3) is 0 Å². The summed E-state index contributed by atoms with van der Waals surface area (Å²) in [5.41, 5.74) is 3.42. The van der Waals surface area contributed by atoms with Crippen molar-refractivity contribution in [1.82, 2.24) is 5.32 Å².